The lowest BCUT2D eigenvalue weighted by atomic mass is 10.1. The number of H-pyrrole nitrogens is 1. The number of amides is 1. The molecule has 1 atom stereocenters. The number of ether oxygens (including phenoxy) is 1. The molecular weight excluding hydrogens is 423 g/mol. The second-order valence-corrected chi connectivity index (χ2v) is 6.90. The van der Waals surface area contributed by atoms with Crippen LogP contribution < -0.4 is 10.6 Å². The number of nitrogens with zero attached hydrogens (tertiary/aromatic N) is 2. The first-order valence-corrected chi connectivity index (χ1v) is 9.81. The normalized spacial score (nSPS) is 12.5. The van der Waals surface area contributed by atoms with Gasteiger partial charge in [-0.25, -0.2) is 13.2 Å². The molecule has 0 spiro atoms. The van der Waals surface area contributed by atoms with Crippen molar-refractivity contribution in [2.75, 3.05) is 19.0 Å². The standard InChI is InChI=1S/C22H22F3N5O2/c1-3-16(12-32-2)26-22(28-21(31)14-6-9-17(24)18(25)10-14)27-20-11-19(29-30-20)13-4-7-15(23)8-5-13/h4-11,16H,3,12H2,1-2H3,(H3,26,27,28,29,30,31). The Morgan fingerprint density at radius 3 is 2.53 bits per heavy atom. The SMILES string of the molecule is CCC(COC)N/C(=N/C(=O)c1ccc(F)c(F)c1)Nc1cc(-c2ccc(F)cc2)[nH]n1. The topological polar surface area (TPSA) is 91.4 Å². The van der Waals surface area contributed by atoms with Gasteiger partial charge >= 0.3 is 0 Å². The number of aromatic nitrogens is 2. The molecule has 10 heteroatoms. The van der Waals surface area contributed by atoms with Gasteiger partial charge in [0.1, 0.15) is 5.82 Å². The van der Waals surface area contributed by atoms with Gasteiger partial charge < -0.3 is 15.4 Å². The summed E-state index contributed by atoms with van der Waals surface area (Å²) >= 11 is 0. The summed E-state index contributed by atoms with van der Waals surface area (Å²) in [6.07, 6.45) is 0.662. The number of rotatable bonds is 7. The van der Waals surface area contributed by atoms with Gasteiger partial charge in [-0.15, -0.1) is 0 Å². The molecule has 7 nitrogen and oxygen atoms in total. The van der Waals surface area contributed by atoms with Crippen molar-refractivity contribution in [3.63, 3.8) is 0 Å². The molecule has 0 aliphatic carbocycles. The number of benzene rings is 2. The monoisotopic (exact) mass is 445 g/mol. The van der Waals surface area contributed by atoms with E-state index in [1.807, 2.05) is 6.92 Å². The van der Waals surface area contributed by atoms with Crippen molar-refractivity contribution in [3.05, 3.63) is 71.5 Å². The maximum absolute atomic E-state index is 13.5. The van der Waals surface area contributed by atoms with Crippen molar-refractivity contribution in [1.82, 2.24) is 15.5 Å². The van der Waals surface area contributed by atoms with Crippen molar-refractivity contribution in [2.24, 2.45) is 4.99 Å². The van der Waals surface area contributed by atoms with E-state index in [-0.39, 0.29) is 23.4 Å². The van der Waals surface area contributed by atoms with E-state index in [1.54, 1.807) is 25.3 Å². The molecule has 0 saturated carbocycles. The Morgan fingerprint density at radius 2 is 1.88 bits per heavy atom. The molecule has 0 saturated heterocycles. The van der Waals surface area contributed by atoms with Crippen LogP contribution in [0.1, 0.15) is 23.7 Å². The van der Waals surface area contributed by atoms with Gasteiger partial charge in [0.25, 0.3) is 5.91 Å². The van der Waals surface area contributed by atoms with Crippen molar-refractivity contribution in [1.29, 1.82) is 0 Å². The van der Waals surface area contributed by atoms with E-state index in [0.717, 1.165) is 18.2 Å². The summed E-state index contributed by atoms with van der Waals surface area (Å²) in [5.41, 5.74) is 1.21. The van der Waals surface area contributed by atoms with Gasteiger partial charge in [0, 0.05) is 18.7 Å². The number of nitrogens with one attached hydrogen (secondary N) is 3. The Balaban J connectivity index is 1.85. The van der Waals surface area contributed by atoms with E-state index in [9.17, 15) is 18.0 Å². The number of methoxy groups -OCH3 is 1. The molecule has 168 valence electrons. The number of halogens is 3. The molecule has 2 aromatic carbocycles. The molecule has 3 rings (SSSR count). The molecule has 1 amide bonds. The van der Waals surface area contributed by atoms with Crippen molar-refractivity contribution in [2.45, 2.75) is 19.4 Å². The van der Waals surface area contributed by atoms with Crippen LogP contribution in [0.15, 0.2) is 53.5 Å². The first-order chi connectivity index (χ1) is 15.4. The summed E-state index contributed by atoms with van der Waals surface area (Å²) < 4.78 is 45.0. The van der Waals surface area contributed by atoms with Crippen LogP contribution >= 0.6 is 0 Å². The third-order valence-electron chi connectivity index (χ3n) is 4.56. The smallest absolute Gasteiger partial charge is 0.280 e. The Morgan fingerprint density at radius 1 is 1.12 bits per heavy atom. The average Bonchev–Trinajstić information content (AvgIpc) is 3.24. The lowest BCUT2D eigenvalue weighted by Crippen LogP contribution is -2.42. The Kier molecular flexibility index (Phi) is 7.61. The second-order valence-electron chi connectivity index (χ2n) is 6.90. The van der Waals surface area contributed by atoms with E-state index in [2.05, 4.69) is 25.8 Å². The molecule has 0 fully saturated rings. The zero-order chi connectivity index (χ0) is 23.1. The third-order valence-corrected chi connectivity index (χ3v) is 4.56. The predicted molar refractivity (Wildman–Crippen MR) is 115 cm³/mol. The number of aliphatic imine (C=N–C) groups is 1. The van der Waals surface area contributed by atoms with Crippen molar-refractivity contribution in [3.8, 4) is 11.3 Å². The third kappa shape index (κ3) is 5.94. The van der Waals surface area contributed by atoms with Crippen LogP contribution in [0.2, 0.25) is 0 Å². The van der Waals surface area contributed by atoms with E-state index in [4.69, 9.17) is 4.74 Å². The van der Waals surface area contributed by atoms with Gasteiger partial charge in [-0.1, -0.05) is 6.92 Å². The molecule has 1 heterocycles. The van der Waals surface area contributed by atoms with E-state index in [1.165, 1.54) is 12.1 Å². The highest BCUT2D eigenvalue weighted by atomic mass is 19.2. The van der Waals surface area contributed by atoms with Gasteiger partial charge in [0.05, 0.1) is 18.3 Å². The Bertz CT molecular complexity index is 1100. The lowest BCUT2D eigenvalue weighted by molar-refractivity contribution is 0.100. The van der Waals surface area contributed by atoms with Crippen LogP contribution in [-0.4, -0.2) is 41.8 Å². The number of hydrogen-bond donors (Lipinski definition) is 3. The summed E-state index contributed by atoms with van der Waals surface area (Å²) in [5.74, 6) is -2.94. The Labute approximate surface area is 182 Å². The largest absolute Gasteiger partial charge is 0.383 e. The quantitative estimate of drug-likeness (QED) is 0.376. The van der Waals surface area contributed by atoms with E-state index in [0.29, 0.717) is 30.1 Å². The van der Waals surface area contributed by atoms with Crippen LogP contribution in [0.3, 0.4) is 0 Å². The minimum atomic E-state index is -1.14. The van der Waals surface area contributed by atoms with Crippen molar-refractivity contribution >= 4 is 17.7 Å². The molecule has 0 bridgehead atoms. The van der Waals surface area contributed by atoms with Gasteiger partial charge in [0.15, 0.2) is 17.5 Å². The number of anilines is 1. The fraction of sp³-hybridized carbons (Fsp3) is 0.227. The van der Waals surface area contributed by atoms with E-state index < -0.39 is 17.5 Å². The predicted octanol–water partition coefficient (Wildman–Crippen LogP) is 4.12. The second kappa shape index (κ2) is 10.6. The highest BCUT2D eigenvalue weighted by Crippen LogP contribution is 2.20. The van der Waals surface area contributed by atoms with Crippen molar-refractivity contribution < 1.29 is 22.7 Å². The molecule has 3 N–H and O–H groups in total. The maximum atomic E-state index is 13.5. The first-order valence-electron chi connectivity index (χ1n) is 9.81. The average molecular weight is 445 g/mol. The number of carbonyl (C=O) groups excluding carboxylic acids is 1. The fourth-order valence-corrected chi connectivity index (χ4v) is 2.83. The van der Waals surface area contributed by atoms with Gasteiger partial charge in [-0.2, -0.15) is 10.1 Å². The molecule has 0 aliphatic rings. The molecular formula is C22H22F3N5O2. The van der Waals surface area contributed by atoms with Crippen LogP contribution in [0.5, 0.6) is 0 Å². The fourth-order valence-electron chi connectivity index (χ4n) is 2.83. The molecule has 1 unspecified atom stereocenters. The molecule has 0 radical (unpaired) electrons. The zero-order valence-corrected chi connectivity index (χ0v) is 17.5. The highest BCUT2D eigenvalue weighted by molar-refractivity contribution is 6.06. The minimum absolute atomic E-state index is 0.0563. The first kappa shape index (κ1) is 23.0. The highest BCUT2D eigenvalue weighted by Gasteiger charge is 2.15. The number of carbonyl (C=O) groups is 1. The molecule has 32 heavy (non-hydrogen) atoms. The number of aromatic amines is 1. The molecule has 3 aromatic rings. The number of guanidine groups is 1. The lowest BCUT2D eigenvalue weighted by Gasteiger charge is -2.18. The van der Waals surface area contributed by atoms with Gasteiger partial charge in [-0.05, 0) is 54.4 Å². The minimum Gasteiger partial charge on any atom is -0.383 e. The zero-order valence-electron chi connectivity index (χ0n) is 17.5. The summed E-state index contributed by atoms with van der Waals surface area (Å²) in [7, 11) is 1.55. The maximum Gasteiger partial charge on any atom is 0.280 e. The molecule has 0 aliphatic heterocycles. The number of hydrogen-bond acceptors (Lipinski definition) is 3. The van der Waals surface area contributed by atoms with E-state index >= 15 is 0 Å². The van der Waals surface area contributed by atoms with Crippen LogP contribution in [-0.2, 0) is 4.74 Å². The van der Waals surface area contributed by atoms with Crippen LogP contribution in [0.25, 0.3) is 11.3 Å². The summed E-state index contributed by atoms with van der Waals surface area (Å²) in [5, 5.41) is 12.9. The summed E-state index contributed by atoms with van der Waals surface area (Å²) in [4.78, 5) is 16.5. The van der Waals surface area contributed by atoms with Gasteiger partial charge in [-0.3, -0.25) is 9.89 Å². The summed E-state index contributed by atoms with van der Waals surface area (Å²) in [6.45, 7) is 2.27. The van der Waals surface area contributed by atoms with Gasteiger partial charge in [0.2, 0.25) is 5.96 Å². The Hall–Kier alpha value is -3.66. The van der Waals surface area contributed by atoms with Crippen LogP contribution in [0.4, 0.5) is 19.0 Å². The molecule has 1 aromatic heterocycles. The van der Waals surface area contributed by atoms with Crippen LogP contribution in [0, 0.1) is 17.5 Å². The summed E-state index contributed by atoms with van der Waals surface area (Å²) in [6, 6.07) is 10.1.